The summed E-state index contributed by atoms with van der Waals surface area (Å²) in [5, 5.41) is 4.15. The molecule has 6 rings (SSSR count). The van der Waals surface area contributed by atoms with Crippen molar-refractivity contribution < 1.29 is 22.7 Å². The number of benzene rings is 3. The normalized spacial score (nSPS) is 15.4. The molecule has 44 heavy (non-hydrogen) atoms. The number of nitrogens with zero attached hydrogens (tertiary/aromatic N) is 3. The maximum absolute atomic E-state index is 13.0. The molecule has 0 fully saturated rings. The highest BCUT2D eigenvalue weighted by molar-refractivity contribution is 6.11. The number of Topliss-reactive ketones (excluding diaryl/α,β-unsaturated/α-hetero) is 1. The first-order chi connectivity index (χ1) is 21.2. The number of alkyl halides is 3. The smallest absolute Gasteiger partial charge is 0.416 e. The number of halogens is 3. The largest absolute Gasteiger partial charge is 0.486 e. The highest BCUT2D eigenvalue weighted by atomic mass is 19.4. The summed E-state index contributed by atoms with van der Waals surface area (Å²) < 4.78 is 47.8. The predicted octanol–water partition coefficient (Wildman–Crippen LogP) is 7.56. The van der Waals surface area contributed by atoms with E-state index in [9.17, 15) is 18.0 Å². The van der Waals surface area contributed by atoms with Crippen LogP contribution in [0.15, 0.2) is 91.3 Å². The number of ketones is 1. The van der Waals surface area contributed by atoms with E-state index in [1.54, 1.807) is 6.20 Å². The first-order valence-electron chi connectivity index (χ1n) is 14.8. The summed E-state index contributed by atoms with van der Waals surface area (Å²) in [6, 6.07) is 22.6. The Hall–Kier alpha value is -4.37. The van der Waals surface area contributed by atoms with Crippen LogP contribution in [0.3, 0.4) is 0 Å². The van der Waals surface area contributed by atoms with E-state index in [1.807, 2.05) is 62.6 Å². The van der Waals surface area contributed by atoms with Crippen LogP contribution < -0.4 is 10.1 Å². The third-order valence-corrected chi connectivity index (χ3v) is 8.20. The van der Waals surface area contributed by atoms with Crippen molar-refractivity contribution in [2.45, 2.75) is 45.0 Å². The van der Waals surface area contributed by atoms with Gasteiger partial charge in [-0.2, -0.15) is 13.2 Å². The van der Waals surface area contributed by atoms with Crippen LogP contribution >= 0.6 is 0 Å². The lowest BCUT2D eigenvalue weighted by Crippen LogP contribution is -2.27. The van der Waals surface area contributed by atoms with Crippen molar-refractivity contribution >= 4 is 16.7 Å². The molecule has 2 atom stereocenters. The molecule has 6 nitrogen and oxygen atoms in total. The van der Waals surface area contributed by atoms with Crippen LogP contribution in [0.1, 0.15) is 51.9 Å². The minimum absolute atomic E-state index is 0.0474. The zero-order valence-electron chi connectivity index (χ0n) is 25.1. The van der Waals surface area contributed by atoms with Gasteiger partial charge in [-0.3, -0.25) is 4.79 Å². The average Bonchev–Trinajstić information content (AvgIpc) is 3.57. The van der Waals surface area contributed by atoms with Gasteiger partial charge in [0.1, 0.15) is 17.7 Å². The maximum atomic E-state index is 13.0. The van der Waals surface area contributed by atoms with Crippen LogP contribution in [0.25, 0.3) is 10.9 Å². The first kappa shape index (κ1) is 31.1. The Morgan fingerprint density at radius 3 is 2.39 bits per heavy atom. The molecule has 0 bridgehead atoms. The number of ether oxygens (including phenoxy) is 1. The molecule has 0 saturated carbocycles. The van der Waals surface area contributed by atoms with Gasteiger partial charge in [-0.15, -0.1) is 0 Å². The van der Waals surface area contributed by atoms with Crippen LogP contribution in [0, 0.1) is 12.8 Å². The van der Waals surface area contributed by atoms with Gasteiger partial charge in [-0.05, 0) is 69.3 Å². The zero-order chi connectivity index (χ0) is 31.3. The molecule has 0 aliphatic heterocycles. The summed E-state index contributed by atoms with van der Waals surface area (Å²) in [5.41, 5.74) is 3.60. The minimum Gasteiger partial charge on any atom is -0.486 e. The zero-order valence-corrected chi connectivity index (χ0v) is 25.1. The van der Waals surface area contributed by atoms with Crippen molar-refractivity contribution in [3.05, 3.63) is 119 Å². The average molecular weight is 603 g/mol. The van der Waals surface area contributed by atoms with Crippen molar-refractivity contribution in [3.63, 3.8) is 0 Å². The number of hydrogen-bond acceptors (Lipinski definition) is 4. The molecule has 5 aromatic rings. The van der Waals surface area contributed by atoms with Crippen LogP contribution in [0.2, 0.25) is 0 Å². The van der Waals surface area contributed by atoms with Gasteiger partial charge in [-0.25, -0.2) is 4.98 Å². The molecule has 0 amide bonds. The van der Waals surface area contributed by atoms with Crippen molar-refractivity contribution in [2.24, 2.45) is 13.0 Å². The lowest BCUT2D eigenvalue weighted by Gasteiger charge is -2.23. The van der Waals surface area contributed by atoms with Gasteiger partial charge in [0, 0.05) is 60.5 Å². The third-order valence-electron chi connectivity index (χ3n) is 8.20. The van der Waals surface area contributed by atoms with E-state index in [4.69, 9.17) is 4.74 Å². The number of rotatable bonds is 8. The summed E-state index contributed by atoms with van der Waals surface area (Å²) in [4.78, 5) is 17.3. The van der Waals surface area contributed by atoms with Gasteiger partial charge in [0.05, 0.1) is 5.56 Å². The Bertz CT molecular complexity index is 1690. The molecule has 0 spiro atoms. The number of nitrogens with one attached hydrogen (secondary N) is 1. The Morgan fingerprint density at radius 1 is 1.02 bits per heavy atom. The molecule has 2 aromatic heterocycles. The second-order valence-corrected chi connectivity index (χ2v) is 11.1. The first-order valence-corrected chi connectivity index (χ1v) is 14.8. The molecule has 1 aliphatic carbocycles. The molecule has 0 saturated heterocycles. The fourth-order valence-electron chi connectivity index (χ4n) is 5.79. The van der Waals surface area contributed by atoms with E-state index in [0.717, 1.165) is 72.3 Å². The minimum atomic E-state index is -4.33. The molecule has 0 radical (unpaired) electrons. The van der Waals surface area contributed by atoms with Gasteiger partial charge in [0.15, 0.2) is 5.78 Å². The number of para-hydroxylation sites is 1. The lowest BCUT2D eigenvalue weighted by atomic mass is 9.85. The fourth-order valence-corrected chi connectivity index (χ4v) is 5.79. The van der Waals surface area contributed by atoms with Crippen LogP contribution in [0.5, 0.6) is 5.75 Å². The van der Waals surface area contributed by atoms with Gasteiger partial charge in [0.2, 0.25) is 0 Å². The Kier molecular flexibility index (Phi) is 9.54. The predicted molar refractivity (Wildman–Crippen MR) is 166 cm³/mol. The van der Waals surface area contributed by atoms with Gasteiger partial charge in [0.25, 0.3) is 0 Å². The molecule has 2 unspecified atom stereocenters. The van der Waals surface area contributed by atoms with Gasteiger partial charge in [-0.1, -0.05) is 48.5 Å². The topological polar surface area (TPSA) is 61.1 Å². The number of fused-ring (bicyclic) bond motifs is 3. The van der Waals surface area contributed by atoms with E-state index in [0.29, 0.717) is 5.75 Å². The number of carbonyl (C=O) groups excluding carboxylic acids is 1. The Labute approximate surface area is 255 Å². The Balaban J connectivity index is 0.000000175. The van der Waals surface area contributed by atoms with Crippen LogP contribution in [-0.4, -0.2) is 33.5 Å². The van der Waals surface area contributed by atoms with Gasteiger partial charge < -0.3 is 19.2 Å². The molecule has 230 valence electrons. The van der Waals surface area contributed by atoms with E-state index in [2.05, 4.69) is 38.6 Å². The maximum Gasteiger partial charge on any atom is 0.416 e. The highest BCUT2D eigenvalue weighted by Crippen LogP contribution is 2.35. The molecule has 1 aliphatic rings. The monoisotopic (exact) mass is 602 g/mol. The number of aromatic nitrogens is 3. The molecular formula is C35H37F3N4O2. The van der Waals surface area contributed by atoms with E-state index in [1.165, 1.54) is 17.8 Å². The van der Waals surface area contributed by atoms with Crippen molar-refractivity contribution in [2.75, 3.05) is 13.6 Å². The van der Waals surface area contributed by atoms with Crippen molar-refractivity contribution in [3.8, 4) is 5.75 Å². The van der Waals surface area contributed by atoms with Crippen molar-refractivity contribution in [1.82, 2.24) is 19.4 Å². The number of carbonyl (C=O) groups is 1. The molecule has 1 N–H and O–H groups in total. The summed E-state index contributed by atoms with van der Waals surface area (Å²) in [6.07, 6.45) is 1.82. The number of imidazole rings is 1. The highest BCUT2D eigenvalue weighted by Gasteiger charge is 2.32. The lowest BCUT2D eigenvalue weighted by molar-refractivity contribution is -0.137. The fraction of sp³-hybridized carbons (Fsp3) is 0.314. The SMILES string of the molecule is CNCCC(Oc1ccc(C(F)(F)F)cc1)c1ccccc1.Cc1nccn1CC1CCc2c(c3ccccc3n2C)C1=O. The molecular weight excluding hydrogens is 565 g/mol. The second-order valence-electron chi connectivity index (χ2n) is 11.1. The van der Waals surface area contributed by atoms with Crippen LogP contribution in [-0.2, 0) is 26.2 Å². The van der Waals surface area contributed by atoms with E-state index < -0.39 is 11.7 Å². The number of hydrogen-bond donors (Lipinski definition) is 1. The second kappa shape index (κ2) is 13.5. The van der Waals surface area contributed by atoms with Gasteiger partial charge >= 0.3 is 6.18 Å². The van der Waals surface area contributed by atoms with Crippen LogP contribution in [0.4, 0.5) is 13.2 Å². The summed E-state index contributed by atoms with van der Waals surface area (Å²) >= 11 is 0. The summed E-state index contributed by atoms with van der Waals surface area (Å²) in [6.45, 7) is 3.46. The summed E-state index contributed by atoms with van der Waals surface area (Å²) in [5.74, 6) is 1.73. The van der Waals surface area contributed by atoms with Crippen molar-refractivity contribution in [1.29, 1.82) is 0 Å². The number of aryl methyl sites for hydroxylation is 2. The molecule has 2 heterocycles. The quantitative estimate of drug-likeness (QED) is 0.199. The third kappa shape index (κ3) is 6.89. The molecule has 3 aromatic carbocycles. The summed E-state index contributed by atoms with van der Waals surface area (Å²) in [7, 11) is 3.91. The Morgan fingerprint density at radius 2 is 1.73 bits per heavy atom. The standard InChI is InChI=1S/C18H19N3O.C17H18F3NO/c1-12-19-9-10-21(12)11-13-7-8-16-17(18(13)22)14-5-3-4-6-15(14)20(16)2;1-21-12-11-16(13-5-3-2-4-6-13)22-15-9-7-14(8-10-15)17(18,19)20/h3-6,9-10,13H,7-8,11H2,1-2H3;2-10,16,21H,11-12H2,1H3. The van der Waals surface area contributed by atoms with E-state index in [-0.39, 0.29) is 17.8 Å². The molecule has 9 heteroatoms. The van der Waals surface area contributed by atoms with E-state index >= 15 is 0 Å².